The topological polar surface area (TPSA) is 79.9 Å². The van der Waals surface area contributed by atoms with Crippen molar-refractivity contribution < 1.29 is 4.92 Å². The summed E-state index contributed by atoms with van der Waals surface area (Å²) in [5.41, 5.74) is 4.19. The third kappa shape index (κ3) is 3.59. The van der Waals surface area contributed by atoms with Gasteiger partial charge in [0.2, 0.25) is 0 Å². The summed E-state index contributed by atoms with van der Waals surface area (Å²) in [6.45, 7) is 2.13. The quantitative estimate of drug-likeness (QED) is 0.671. The summed E-state index contributed by atoms with van der Waals surface area (Å²) in [6, 6.07) is 10.6. The largest absolute Gasteiger partial charge is 0.294 e. The van der Waals surface area contributed by atoms with Gasteiger partial charge in [0, 0.05) is 16.7 Å². The van der Waals surface area contributed by atoms with Crippen molar-refractivity contribution in [3.63, 3.8) is 0 Å². The Morgan fingerprint density at radius 1 is 1.35 bits per heavy atom. The first-order valence-corrected chi connectivity index (χ1v) is 8.84. The van der Waals surface area contributed by atoms with Gasteiger partial charge in [-0.25, -0.2) is 4.99 Å². The number of aryl methyl sites for hydroxylation is 1. The van der Waals surface area contributed by atoms with Gasteiger partial charge in [0.15, 0.2) is 5.17 Å². The van der Waals surface area contributed by atoms with Gasteiger partial charge in [-0.15, -0.1) is 11.3 Å². The van der Waals surface area contributed by atoms with Crippen LogP contribution < -0.4 is 5.43 Å². The Morgan fingerprint density at radius 3 is 2.83 bits per heavy atom. The third-order valence-corrected chi connectivity index (χ3v) is 5.38. The van der Waals surface area contributed by atoms with Crippen LogP contribution in [0, 0.1) is 10.1 Å². The average molecular weight is 346 g/mol. The Balaban J connectivity index is 1.79. The smallest absolute Gasteiger partial charge is 0.258 e. The molecule has 2 aromatic rings. The van der Waals surface area contributed by atoms with Gasteiger partial charge in [0.05, 0.1) is 15.5 Å². The predicted octanol–water partition coefficient (Wildman–Crippen LogP) is 3.95. The van der Waals surface area contributed by atoms with Crippen molar-refractivity contribution in [2.24, 2.45) is 10.1 Å². The number of hydrazone groups is 1. The molecule has 2 heterocycles. The molecule has 0 atom stereocenters. The summed E-state index contributed by atoms with van der Waals surface area (Å²) in [5.74, 6) is 0.691. The van der Waals surface area contributed by atoms with Crippen LogP contribution in [0.25, 0.3) is 0 Å². The second kappa shape index (κ2) is 6.93. The summed E-state index contributed by atoms with van der Waals surface area (Å²) in [5, 5.41) is 15.9. The number of rotatable bonds is 4. The molecule has 118 valence electrons. The number of thiophene rings is 1. The molecule has 0 bridgehead atoms. The minimum atomic E-state index is -0.431. The lowest BCUT2D eigenvalue weighted by atomic mass is 10.3. The molecule has 0 aliphatic carbocycles. The molecule has 0 saturated heterocycles. The molecule has 0 spiro atoms. The Labute approximate surface area is 141 Å². The maximum absolute atomic E-state index is 11.0. The first kappa shape index (κ1) is 15.7. The number of nitrogens with zero attached hydrogens (tertiary/aromatic N) is 3. The molecule has 1 aliphatic rings. The molecular weight excluding hydrogens is 332 g/mol. The number of nitro benzene ring substituents is 1. The second-order valence-corrected chi connectivity index (χ2v) is 6.87. The van der Waals surface area contributed by atoms with E-state index in [1.165, 1.54) is 22.7 Å². The Kier molecular flexibility index (Phi) is 4.73. The maximum atomic E-state index is 11.0. The third-order valence-electron chi connectivity index (χ3n) is 3.23. The Bertz CT molecular complexity index is 798. The highest BCUT2D eigenvalue weighted by atomic mass is 32.2. The molecule has 23 heavy (non-hydrogen) atoms. The van der Waals surface area contributed by atoms with Crippen LogP contribution in [0.5, 0.6) is 0 Å². The van der Waals surface area contributed by atoms with Crippen molar-refractivity contribution in [1.29, 1.82) is 0 Å². The minimum Gasteiger partial charge on any atom is -0.258 e. The SMILES string of the molecule is CCc1ccc(C2=NNC(=Nc3ccccc3[N+](=O)[O-])SC2)s1. The van der Waals surface area contributed by atoms with E-state index in [2.05, 4.69) is 34.6 Å². The van der Waals surface area contributed by atoms with Gasteiger partial charge in [-0.3, -0.25) is 15.5 Å². The molecule has 3 rings (SSSR count). The lowest BCUT2D eigenvalue weighted by Gasteiger charge is -2.13. The van der Waals surface area contributed by atoms with E-state index in [0.717, 1.165) is 17.0 Å². The van der Waals surface area contributed by atoms with E-state index < -0.39 is 4.92 Å². The fourth-order valence-corrected chi connectivity index (χ4v) is 3.84. The molecule has 0 radical (unpaired) electrons. The number of para-hydroxylation sites is 2. The van der Waals surface area contributed by atoms with Gasteiger partial charge < -0.3 is 0 Å². The zero-order valence-corrected chi connectivity index (χ0v) is 14.0. The molecule has 0 unspecified atom stereocenters. The average Bonchev–Trinajstić information content (AvgIpc) is 3.05. The predicted molar refractivity (Wildman–Crippen MR) is 96.0 cm³/mol. The van der Waals surface area contributed by atoms with Gasteiger partial charge in [0.25, 0.3) is 5.69 Å². The van der Waals surface area contributed by atoms with E-state index in [9.17, 15) is 10.1 Å². The second-order valence-electron chi connectivity index (χ2n) is 4.74. The van der Waals surface area contributed by atoms with Gasteiger partial charge in [-0.05, 0) is 24.6 Å². The molecule has 6 nitrogen and oxygen atoms in total. The highest BCUT2D eigenvalue weighted by molar-refractivity contribution is 8.14. The molecule has 0 saturated carbocycles. The number of benzene rings is 1. The number of aliphatic imine (C=N–C) groups is 1. The van der Waals surface area contributed by atoms with Gasteiger partial charge in [0.1, 0.15) is 5.69 Å². The summed E-state index contributed by atoms with van der Waals surface area (Å²) >= 11 is 3.23. The summed E-state index contributed by atoms with van der Waals surface area (Å²) in [4.78, 5) is 17.4. The van der Waals surface area contributed by atoms with Crippen molar-refractivity contribution in [2.75, 3.05) is 5.75 Å². The lowest BCUT2D eigenvalue weighted by molar-refractivity contribution is -0.384. The summed E-state index contributed by atoms with van der Waals surface area (Å²) in [7, 11) is 0. The van der Waals surface area contributed by atoms with E-state index in [0.29, 0.717) is 16.6 Å². The maximum Gasteiger partial charge on any atom is 0.294 e. The number of hydrogen-bond donors (Lipinski definition) is 1. The van der Waals surface area contributed by atoms with Crippen molar-refractivity contribution >= 4 is 45.4 Å². The van der Waals surface area contributed by atoms with Crippen LogP contribution >= 0.6 is 23.1 Å². The van der Waals surface area contributed by atoms with Crippen molar-refractivity contribution in [3.05, 3.63) is 56.3 Å². The van der Waals surface area contributed by atoms with Crippen molar-refractivity contribution in [2.45, 2.75) is 13.3 Å². The summed E-state index contributed by atoms with van der Waals surface area (Å²) in [6.07, 6.45) is 1.02. The number of hydrogen-bond acceptors (Lipinski definition) is 6. The van der Waals surface area contributed by atoms with Gasteiger partial charge >= 0.3 is 0 Å². The highest BCUT2D eigenvalue weighted by Crippen LogP contribution is 2.28. The molecule has 0 amide bonds. The monoisotopic (exact) mass is 346 g/mol. The normalized spacial score (nSPS) is 16.0. The molecule has 1 aliphatic heterocycles. The molecule has 1 aromatic carbocycles. The number of amidine groups is 1. The van der Waals surface area contributed by atoms with Crippen LogP contribution in [0.15, 0.2) is 46.5 Å². The zero-order chi connectivity index (χ0) is 16.2. The molecule has 0 fully saturated rings. The number of nitro groups is 1. The fraction of sp³-hybridized carbons (Fsp3) is 0.200. The van der Waals surface area contributed by atoms with E-state index in [4.69, 9.17) is 0 Å². The van der Waals surface area contributed by atoms with Gasteiger partial charge in [-0.2, -0.15) is 5.10 Å². The van der Waals surface area contributed by atoms with Crippen LogP contribution in [-0.2, 0) is 6.42 Å². The van der Waals surface area contributed by atoms with E-state index >= 15 is 0 Å². The van der Waals surface area contributed by atoms with E-state index in [-0.39, 0.29) is 5.69 Å². The standard InChI is InChI=1S/C15H14N4O2S2/c1-2-10-7-8-14(23-10)12-9-22-15(18-17-12)16-11-5-3-4-6-13(11)19(20)21/h3-8H,2,9H2,1H3,(H,16,18). The highest BCUT2D eigenvalue weighted by Gasteiger charge is 2.17. The zero-order valence-electron chi connectivity index (χ0n) is 12.4. The Morgan fingerprint density at radius 2 is 2.17 bits per heavy atom. The van der Waals surface area contributed by atoms with Crippen molar-refractivity contribution in [1.82, 2.24) is 5.43 Å². The van der Waals surface area contributed by atoms with Crippen LogP contribution in [-0.4, -0.2) is 21.6 Å². The van der Waals surface area contributed by atoms with Crippen molar-refractivity contribution in [3.8, 4) is 0 Å². The molecular formula is C15H14N4O2S2. The van der Waals surface area contributed by atoms with Crippen LogP contribution in [0.1, 0.15) is 16.7 Å². The van der Waals surface area contributed by atoms with Gasteiger partial charge in [-0.1, -0.05) is 30.8 Å². The van der Waals surface area contributed by atoms with E-state index in [1.54, 1.807) is 29.5 Å². The van der Waals surface area contributed by atoms with Crippen LogP contribution in [0.2, 0.25) is 0 Å². The fourth-order valence-electron chi connectivity index (χ4n) is 2.05. The molecule has 1 aromatic heterocycles. The van der Waals surface area contributed by atoms with E-state index in [1.807, 2.05) is 0 Å². The lowest BCUT2D eigenvalue weighted by Crippen LogP contribution is -2.24. The first-order chi connectivity index (χ1) is 11.2. The van der Waals surface area contributed by atoms with Crippen LogP contribution in [0.4, 0.5) is 11.4 Å². The van der Waals surface area contributed by atoms with Crippen LogP contribution in [0.3, 0.4) is 0 Å². The number of thioether (sulfide) groups is 1. The summed E-state index contributed by atoms with van der Waals surface area (Å²) < 4.78 is 0. The number of nitrogens with one attached hydrogen (secondary N) is 1. The minimum absolute atomic E-state index is 0.0111. The Hall–Kier alpha value is -2.19. The molecule has 1 N–H and O–H groups in total. The first-order valence-electron chi connectivity index (χ1n) is 7.04. The molecule has 8 heteroatoms.